The topological polar surface area (TPSA) is 281 Å². The molecule has 23 heteroatoms. The maximum absolute atomic E-state index is 13.3. The van der Waals surface area contributed by atoms with Gasteiger partial charge in [0.2, 0.25) is 0 Å². The summed E-state index contributed by atoms with van der Waals surface area (Å²) in [7, 11) is -9.48. The third-order valence-electron chi connectivity index (χ3n) is 10.9. The quantitative estimate of drug-likeness (QED) is 0.0449. The number of anilines is 2. The van der Waals surface area contributed by atoms with Crippen LogP contribution in [0, 0.1) is 13.8 Å². The van der Waals surface area contributed by atoms with Gasteiger partial charge in [0, 0.05) is 27.7 Å². The largest absolute Gasteiger partial charge is 2.00 e. The van der Waals surface area contributed by atoms with E-state index in [2.05, 4.69) is 31.1 Å². The molecule has 0 aliphatic carbocycles. The molecule has 0 heterocycles. The van der Waals surface area contributed by atoms with E-state index in [1.165, 1.54) is 50.2 Å². The number of phenolic OH excluding ortho intramolecular Hbond substituents is 1. The van der Waals surface area contributed by atoms with E-state index in [1.807, 2.05) is 13.8 Å². The van der Waals surface area contributed by atoms with Crippen molar-refractivity contribution >= 4 is 160 Å². The van der Waals surface area contributed by atoms with Crippen LogP contribution in [0.25, 0.3) is 21.5 Å². The summed E-state index contributed by atoms with van der Waals surface area (Å²) in [5.74, 6) is -1.05. The predicted molar refractivity (Wildman–Crippen MR) is 284 cm³/mol. The number of fused-ring (bicyclic) bond motifs is 2. The van der Waals surface area contributed by atoms with Crippen LogP contribution in [0.4, 0.5) is 34.1 Å². The van der Waals surface area contributed by atoms with E-state index >= 15 is 0 Å². The van der Waals surface area contributed by atoms with Gasteiger partial charge in [0.05, 0.1) is 39.4 Å². The van der Waals surface area contributed by atoms with E-state index in [0.29, 0.717) is 57.6 Å². The van der Waals surface area contributed by atoms with E-state index in [0.717, 1.165) is 0 Å². The first-order chi connectivity index (χ1) is 35.2. The van der Waals surface area contributed by atoms with Crippen LogP contribution in [0.15, 0.2) is 164 Å². The van der Waals surface area contributed by atoms with E-state index in [4.69, 9.17) is 32.7 Å². The number of halogens is 2. The fraction of sp³-hybridized carbons (Fsp3) is 0.115. The molecule has 0 saturated heterocycles. The smallest absolute Gasteiger partial charge is 0.870 e. The van der Waals surface area contributed by atoms with Gasteiger partial charge in [0.15, 0.2) is 5.75 Å². The number of hydrogen-bond donors (Lipinski definition) is 4. The van der Waals surface area contributed by atoms with Crippen molar-refractivity contribution in [1.82, 2.24) is 0 Å². The molecule has 0 aliphatic heterocycles. The van der Waals surface area contributed by atoms with Crippen LogP contribution in [0.2, 0.25) is 10.0 Å². The Balaban J connectivity index is 0.000000241. The molecule has 0 unspecified atom stereocenters. The summed E-state index contributed by atoms with van der Waals surface area (Å²) in [6.45, 7) is 7.64. The molecule has 0 spiro atoms. The Morgan fingerprint density at radius 1 is 0.600 bits per heavy atom. The minimum atomic E-state index is -4.87. The second kappa shape index (κ2) is 25.0. The predicted octanol–water partition coefficient (Wildman–Crippen LogP) is 12.3. The van der Waals surface area contributed by atoms with Gasteiger partial charge in [-0.1, -0.05) is 89.6 Å². The number of amides is 2. The number of aromatic hydroxyl groups is 1. The number of carbonyl (C=O) groups excluding carboxylic acids is 2. The van der Waals surface area contributed by atoms with Crippen LogP contribution in [-0.4, -0.2) is 105 Å². The summed E-state index contributed by atoms with van der Waals surface area (Å²) in [6, 6.07) is 35.8. The summed E-state index contributed by atoms with van der Waals surface area (Å²) in [5.41, 5.74) is 0.805. The fourth-order valence-electron chi connectivity index (χ4n) is 7.44. The van der Waals surface area contributed by atoms with Crippen LogP contribution in [-0.2, 0) is 20.2 Å². The van der Waals surface area contributed by atoms with Gasteiger partial charge in [0.25, 0.3) is 21.9 Å². The van der Waals surface area contributed by atoms with E-state index in [1.54, 1.807) is 97.1 Å². The Morgan fingerprint density at radius 3 is 1.48 bits per heavy atom. The van der Waals surface area contributed by atoms with Crippen LogP contribution >= 0.6 is 23.2 Å². The molecule has 4 N–H and O–H groups in total. The summed E-state index contributed by atoms with van der Waals surface area (Å²) < 4.78 is 78.8. The molecule has 0 radical (unpaired) electrons. The molecular weight excluding hydrogens is 1170 g/mol. The minimum Gasteiger partial charge on any atom is -0.870 e. The molecule has 0 aromatic heterocycles. The molecule has 2 amide bonds. The van der Waals surface area contributed by atoms with E-state index in [-0.39, 0.29) is 98.9 Å². The van der Waals surface area contributed by atoms with Crippen molar-refractivity contribution in [1.29, 1.82) is 0 Å². The summed E-state index contributed by atoms with van der Waals surface area (Å²) in [6.07, 6.45) is 0. The molecule has 0 bridgehead atoms. The van der Waals surface area contributed by atoms with Gasteiger partial charge in [-0.2, -0.15) is 13.5 Å². The Morgan fingerprint density at radius 2 is 1.01 bits per heavy atom. The van der Waals surface area contributed by atoms with Gasteiger partial charge in [-0.05, 0) is 122 Å². The molecule has 8 aromatic carbocycles. The molecule has 0 atom stereocenters. The number of azo groups is 2. The molecule has 75 heavy (non-hydrogen) atoms. The van der Waals surface area contributed by atoms with Gasteiger partial charge in [0.1, 0.15) is 43.6 Å². The van der Waals surface area contributed by atoms with E-state index in [9.17, 15) is 45.7 Å². The van der Waals surface area contributed by atoms with Gasteiger partial charge in [-0.25, -0.2) is 8.42 Å². The Labute approximate surface area is 481 Å². The molecule has 18 nitrogen and oxygen atoms in total. The average Bonchev–Trinajstić information content (AvgIpc) is 3.35. The van der Waals surface area contributed by atoms with Crippen LogP contribution in [0.5, 0.6) is 23.0 Å². The summed E-state index contributed by atoms with van der Waals surface area (Å²) in [4.78, 5) is 25.0. The van der Waals surface area contributed by atoms with Crippen molar-refractivity contribution in [3.63, 3.8) is 0 Å². The minimum absolute atomic E-state index is 0. The number of rotatable bonds is 14. The molecular formula is C52H42BaCl2N6O12S2. The average molecular weight is 1220 g/mol. The Bertz CT molecular complexity index is 3530. The standard InChI is InChI=1S/2C26H22ClN3O6S.Ba/c2*1-3-36-18-11-9-17(10-12-18)28-26(32)20-14-16-6-4-5-7-19(16)23(24(20)31)30-29-21-13-8-15(2)25(22(21)27)37(33,34)35;/h2*4-14,31H,3H2,1-2H3,(H,28,32)(H,33,34,35);/q;;+2/p-2. The van der Waals surface area contributed by atoms with Crippen LogP contribution < -0.4 is 25.2 Å². The normalized spacial score (nSPS) is 11.5. The van der Waals surface area contributed by atoms with Crippen LogP contribution in [0.1, 0.15) is 45.7 Å². The SMILES string of the molecule is CCOc1ccc(NC(=O)c2cc3ccccc3c(N=Nc3ccc(C)c(S(=O)(=O)O)c3Cl)c2O)cc1.CCOc1ccc(NC(=O)c2cc3ccccc3c(N=Nc3ccc(C)c(S(=O)(=O)[O-])c3Cl)c2[O-])cc1.[Ba+2]. The summed E-state index contributed by atoms with van der Waals surface area (Å²) >= 11 is 12.3. The van der Waals surface area contributed by atoms with Gasteiger partial charge in [-0.15, -0.1) is 15.3 Å². The monoisotopic (exact) mass is 1210 g/mol. The maximum Gasteiger partial charge on any atom is 2.00 e. The number of aryl methyl sites for hydroxylation is 2. The van der Waals surface area contributed by atoms with Crippen molar-refractivity contribution in [2.45, 2.75) is 37.5 Å². The number of ether oxygens (including phenoxy) is 2. The van der Waals surface area contributed by atoms with Gasteiger partial charge < -0.3 is 34.9 Å². The van der Waals surface area contributed by atoms with Crippen molar-refractivity contribution in [3.05, 3.63) is 166 Å². The van der Waals surface area contributed by atoms with Crippen molar-refractivity contribution < 1.29 is 55.2 Å². The Hall–Kier alpha value is -6.41. The third kappa shape index (κ3) is 13.7. The van der Waals surface area contributed by atoms with Crippen molar-refractivity contribution in [3.8, 4) is 23.0 Å². The molecule has 0 aliphatic rings. The first-order valence-electron chi connectivity index (χ1n) is 22.1. The molecule has 380 valence electrons. The molecule has 8 aromatic rings. The number of hydrogen-bond acceptors (Lipinski definition) is 15. The fourth-order valence-corrected chi connectivity index (χ4v) is 10.1. The first-order valence-corrected chi connectivity index (χ1v) is 25.7. The molecule has 8 rings (SSSR count). The zero-order chi connectivity index (χ0) is 53.5. The number of phenols is 1. The van der Waals surface area contributed by atoms with Crippen LogP contribution in [0.3, 0.4) is 0 Å². The van der Waals surface area contributed by atoms with Gasteiger partial charge >= 0.3 is 48.9 Å². The second-order valence-electron chi connectivity index (χ2n) is 15.9. The Kier molecular flexibility index (Phi) is 19.3. The molecule has 0 fully saturated rings. The number of nitrogens with zero attached hydrogens (tertiary/aromatic N) is 4. The first kappa shape index (κ1) is 57.9. The summed E-state index contributed by atoms with van der Waals surface area (Å²) in [5, 5.41) is 47.3. The zero-order valence-corrected chi connectivity index (χ0v) is 47.7. The number of carbonyl (C=O) groups is 2. The third-order valence-corrected chi connectivity index (χ3v) is 13.9. The van der Waals surface area contributed by atoms with Crippen molar-refractivity contribution in [2.24, 2.45) is 20.5 Å². The van der Waals surface area contributed by atoms with Gasteiger partial charge in [-0.3, -0.25) is 14.1 Å². The number of nitrogens with one attached hydrogen (secondary N) is 2. The van der Waals surface area contributed by atoms with Crippen molar-refractivity contribution in [2.75, 3.05) is 23.8 Å². The zero-order valence-electron chi connectivity index (χ0n) is 40.2. The maximum atomic E-state index is 13.3. The van der Waals surface area contributed by atoms with E-state index < -0.39 is 58.4 Å². The molecule has 0 saturated carbocycles. The second-order valence-corrected chi connectivity index (χ2v) is 19.3. The number of benzene rings is 8.